The summed E-state index contributed by atoms with van der Waals surface area (Å²) in [6, 6.07) is 12.0. The molecule has 1 fully saturated rings. The lowest BCUT2D eigenvalue weighted by Gasteiger charge is -2.37. The van der Waals surface area contributed by atoms with Gasteiger partial charge in [-0.2, -0.15) is 13.2 Å². The smallest absolute Gasteiger partial charge is 0.379 e. The van der Waals surface area contributed by atoms with Crippen molar-refractivity contribution in [2.45, 2.75) is 80.1 Å². The van der Waals surface area contributed by atoms with Gasteiger partial charge >= 0.3 is 6.18 Å². The van der Waals surface area contributed by atoms with E-state index in [1.807, 2.05) is 45.0 Å². The number of ether oxygens (including phenoxy) is 7. The van der Waals surface area contributed by atoms with Crippen LogP contribution in [0.3, 0.4) is 0 Å². The van der Waals surface area contributed by atoms with E-state index in [1.54, 1.807) is 34.5 Å². The van der Waals surface area contributed by atoms with E-state index < -0.39 is 11.7 Å². The van der Waals surface area contributed by atoms with Gasteiger partial charge in [-0.05, 0) is 64.1 Å². The van der Waals surface area contributed by atoms with Crippen molar-refractivity contribution >= 4 is 23.1 Å². The molecular formula is C40H62F3N3O7S. The number of alkyl halides is 3. The second-order valence-electron chi connectivity index (χ2n) is 14.8. The molecule has 1 saturated heterocycles. The molecular weight excluding hydrogens is 724 g/mol. The van der Waals surface area contributed by atoms with Crippen molar-refractivity contribution < 1.29 is 46.3 Å². The molecule has 2 aromatic rings. The van der Waals surface area contributed by atoms with Gasteiger partial charge in [0.05, 0.1) is 73.9 Å². The number of anilines is 2. The number of hydrogen-bond acceptors (Lipinski definition) is 11. The molecule has 4 rings (SSSR count). The number of para-hydroxylation sites is 1. The van der Waals surface area contributed by atoms with Gasteiger partial charge in [-0.15, -0.1) is 0 Å². The molecule has 0 saturated carbocycles. The minimum Gasteiger partial charge on any atom is -0.379 e. The lowest BCUT2D eigenvalue weighted by Crippen LogP contribution is -2.49. The van der Waals surface area contributed by atoms with Gasteiger partial charge < -0.3 is 43.0 Å². The number of halogens is 3. The molecule has 0 spiro atoms. The van der Waals surface area contributed by atoms with Gasteiger partial charge in [0.15, 0.2) is 0 Å². The molecule has 10 nitrogen and oxygen atoms in total. The molecule has 2 aliphatic rings. The first-order valence-electron chi connectivity index (χ1n) is 18.9. The van der Waals surface area contributed by atoms with Crippen LogP contribution in [0.1, 0.15) is 39.7 Å². The fourth-order valence-electron chi connectivity index (χ4n) is 6.49. The Morgan fingerprint density at radius 2 is 1.37 bits per heavy atom. The molecule has 2 aliphatic heterocycles. The summed E-state index contributed by atoms with van der Waals surface area (Å²) in [7, 11) is 6.73. The first-order chi connectivity index (χ1) is 25.8. The highest BCUT2D eigenvalue weighted by Crippen LogP contribution is 2.49. The predicted octanol–water partition coefficient (Wildman–Crippen LogP) is 6.86. The number of nitrogens with zero attached hydrogens (tertiary/aromatic N) is 3. The van der Waals surface area contributed by atoms with Crippen LogP contribution >= 0.6 is 11.8 Å². The maximum Gasteiger partial charge on any atom is 0.416 e. The van der Waals surface area contributed by atoms with Crippen LogP contribution in [0.25, 0.3) is 0 Å². The van der Waals surface area contributed by atoms with Gasteiger partial charge in [-0.25, -0.2) is 0 Å². The number of methoxy groups -OCH3 is 4. The second kappa shape index (κ2) is 21.5. The van der Waals surface area contributed by atoms with Gasteiger partial charge in [-0.1, -0.05) is 30.8 Å². The third kappa shape index (κ3) is 13.3. The molecule has 0 aliphatic carbocycles. The summed E-state index contributed by atoms with van der Waals surface area (Å²) in [6.45, 7) is 16.1. The van der Waals surface area contributed by atoms with E-state index in [2.05, 4.69) is 21.6 Å². The second-order valence-corrected chi connectivity index (χ2v) is 15.9. The van der Waals surface area contributed by atoms with Crippen LogP contribution in [0.4, 0.5) is 24.5 Å². The number of benzene rings is 2. The summed E-state index contributed by atoms with van der Waals surface area (Å²) in [5, 5.41) is 0. The van der Waals surface area contributed by atoms with Gasteiger partial charge in [0.1, 0.15) is 6.10 Å². The molecule has 0 aromatic heterocycles. The zero-order chi connectivity index (χ0) is 39.3. The van der Waals surface area contributed by atoms with Crippen molar-refractivity contribution in [3.8, 4) is 0 Å². The fraction of sp³-hybridized carbons (Fsp3) is 0.700. The Hall–Kier alpha value is -1.98. The molecule has 5 unspecified atom stereocenters. The quantitative estimate of drug-likeness (QED) is 0.119. The molecule has 2 heterocycles. The predicted molar refractivity (Wildman–Crippen MR) is 206 cm³/mol. The summed E-state index contributed by atoms with van der Waals surface area (Å²) in [5.41, 5.74) is 0.610. The third-order valence-electron chi connectivity index (χ3n) is 10.5. The topological polar surface area (TPSA) is 74.3 Å². The van der Waals surface area contributed by atoms with E-state index in [0.29, 0.717) is 45.3 Å². The Kier molecular flexibility index (Phi) is 17.8. The number of rotatable bonds is 23. The Morgan fingerprint density at radius 3 is 2.02 bits per heavy atom. The number of fused-ring (bicyclic) bond motifs is 2. The van der Waals surface area contributed by atoms with Crippen molar-refractivity contribution in [2.75, 3.05) is 112 Å². The fourth-order valence-corrected chi connectivity index (χ4v) is 7.56. The number of hydrogen-bond donors (Lipinski definition) is 0. The highest BCUT2D eigenvalue weighted by atomic mass is 32.2. The van der Waals surface area contributed by atoms with E-state index in [0.717, 1.165) is 61.2 Å². The highest BCUT2D eigenvalue weighted by Gasteiger charge is 2.33. The zero-order valence-corrected chi connectivity index (χ0v) is 34.2. The van der Waals surface area contributed by atoms with E-state index in [9.17, 15) is 13.2 Å². The van der Waals surface area contributed by atoms with Crippen molar-refractivity contribution in [3.63, 3.8) is 0 Å². The Morgan fingerprint density at radius 1 is 0.741 bits per heavy atom. The van der Waals surface area contributed by atoms with Crippen molar-refractivity contribution in [3.05, 3.63) is 48.0 Å². The van der Waals surface area contributed by atoms with Crippen molar-refractivity contribution in [2.24, 2.45) is 5.92 Å². The third-order valence-corrected chi connectivity index (χ3v) is 11.6. The standard InChI is InChI=1S/C40H62F3N3O7S/c1-29(30(2)53-28-39(3,4)50-8)36(49-7)27-52-26-33(48-6)25-51-24-32(47-5)23-45-20-18-44(19-21-45)16-11-17-46-34-12-9-10-13-37(34)54-38-15-14-31(22-35(38)46)40(41,42)43/h9-10,12-15,22,29-30,32-33,36H,11,16-21,23-28H2,1-8H3. The minimum absolute atomic E-state index is 0.0361. The first kappa shape index (κ1) is 44.7. The molecule has 2 aromatic carbocycles. The average Bonchev–Trinajstić information content (AvgIpc) is 3.16. The Balaban J connectivity index is 1.15. The van der Waals surface area contributed by atoms with Gasteiger partial charge in [-0.3, -0.25) is 4.90 Å². The average molecular weight is 786 g/mol. The van der Waals surface area contributed by atoms with E-state index in [-0.39, 0.29) is 35.9 Å². The zero-order valence-electron chi connectivity index (χ0n) is 33.4. The van der Waals surface area contributed by atoms with E-state index in [1.165, 1.54) is 23.9 Å². The molecule has 5 atom stereocenters. The van der Waals surface area contributed by atoms with Gasteiger partial charge in [0, 0.05) is 83.4 Å². The molecule has 14 heteroatoms. The molecule has 0 N–H and O–H groups in total. The van der Waals surface area contributed by atoms with Gasteiger partial charge in [0.25, 0.3) is 0 Å². The number of piperazine rings is 1. The Labute approximate surface area is 324 Å². The minimum atomic E-state index is -4.39. The summed E-state index contributed by atoms with van der Waals surface area (Å²) in [4.78, 5) is 8.78. The van der Waals surface area contributed by atoms with Crippen LogP contribution in [0.5, 0.6) is 0 Å². The molecule has 306 valence electrons. The molecule has 0 amide bonds. The molecule has 54 heavy (non-hydrogen) atoms. The van der Waals surface area contributed by atoms with Crippen molar-refractivity contribution in [1.29, 1.82) is 0 Å². The SMILES string of the molecule is COC(COCC(CN1CCN(CCCN2c3ccccc3Sc3ccc(C(F)(F)F)cc32)CC1)OC)COCC(OC)C(C)C(C)OCC(C)(C)OC. The van der Waals surface area contributed by atoms with Crippen LogP contribution in [0.2, 0.25) is 0 Å². The maximum absolute atomic E-state index is 13.6. The normalized spacial score (nSPS) is 18.5. The molecule has 0 radical (unpaired) electrons. The summed E-state index contributed by atoms with van der Waals surface area (Å²) >= 11 is 1.52. The summed E-state index contributed by atoms with van der Waals surface area (Å²) < 4.78 is 81.5. The van der Waals surface area contributed by atoms with Crippen LogP contribution in [-0.2, 0) is 39.3 Å². The van der Waals surface area contributed by atoms with Crippen LogP contribution in [-0.4, -0.2) is 147 Å². The van der Waals surface area contributed by atoms with Gasteiger partial charge in [0.2, 0.25) is 0 Å². The van der Waals surface area contributed by atoms with Crippen LogP contribution < -0.4 is 4.90 Å². The first-order valence-corrected chi connectivity index (χ1v) is 19.7. The Bertz CT molecular complexity index is 1400. The highest BCUT2D eigenvalue weighted by molar-refractivity contribution is 7.99. The van der Waals surface area contributed by atoms with Crippen molar-refractivity contribution in [1.82, 2.24) is 9.80 Å². The van der Waals surface area contributed by atoms with E-state index in [4.69, 9.17) is 33.2 Å². The summed E-state index contributed by atoms with van der Waals surface area (Å²) in [6.07, 6.45) is -4.04. The molecule has 0 bridgehead atoms. The summed E-state index contributed by atoms with van der Waals surface area (Å²) in [5.74, 6) is 0.109. The lowest BCUT2D eigenvalue weighted by molar-refractivity contribution is -0.137. The van der Waals surface area contributed by atoms with Crippen LogP contribution in [0, 0.1) is 5.92 Å². The monoisotopic (exact) mass is 785 g/mol. The van der Waals surface area contributed by atoms with Crippen LogP contribution in [0.15, 0.2) is 52.3 Å². The lowest BCUT2D eigenvalue weighted by atomic mass is 9.99. The maximum atomic E-state index is 13.6. The van der Waals surface area contributed by atoms with E-state index >= 15 is 0 Å². The largest absolute Gasteiger partial charge is 0.416 e.